The summed E-state index contributed by atoms with van der Waals surface area (Å²) in [4.78, 5) is 11.9. The van der Waals surface area contributed by atoms with E-state index in [0.29, 0.717) is 17.1 Å². The Bertz CT molecular complexity index is 537. The summed E-state index contributed by atoms with van der Waals surface area (Å²) in [7, 11) is 0. The molecule has 0 saturated carbocycles. The Morgan fingerprint density at radius 1 is 1.42 bits per heavy atom. The van der Waals surface area contributed by atoms with E-state index in [1.165, 1.54) is 0 Å². The molecule has 0 spiro atoms. The second kappa shape index (κ2) is 6.73. The Morgan fingerprint density at radius 3 is 2.95 bits per heavy atom. The average Bonchev–Trinajstić information content (AvgIpc) is 2.86. The molecule has 0 radical (unpaired) electrons. The zero-order valence-electron chi connectivity index (χ0n) is 10.1. The van der Waals surface area contributed by atoms with E-state index >= 15 is 0 Å². The van der Waals surface area contributed by atoms with Crippen molar-refractivity contribution in [1.29, 1.82) is 0 Å². The van der Waals surface area contributed by atoms with E-state index in [9.17, 15) is 4.79 Å². The topological polar surface area (TPSA) is 46.9 Å². The number of halogens is 2. The Kier molecular flexibility index (Phi) is 4.99. The fraction of sp³-hybridized carbons (Fsp3) is 0.231. The predicted molar refractivity (Wildman–Crippen MR) is 78.3 cm³/mol. The summed E-state index contributed by atoms with van der Waals surface area (Å²) in [5, 5.41) is 7.49. The molecule has 1 aromatic heterocycles. The molecule has 2 rings (SSSR count). The van der Waals surface area contributed by atoms with Gasteiger partial charge in [-0.1, -0.05) is 27.5 Å². The van der Waals surface area contributed by atoms with Crippen LogP contribution in [-0.2, 0) is 6.54 Å². The maximum Gasteiger partial charge on any atom is 0.251 e. The van der Waals surface area contributed by atoms with E-state index in [4.69, 9.17) is 11.6 Å². The number of amides is 1. The van der Waals surface area contributed by atoms with Crippen LogP contribution in [0.3, 0.4) is 0 Å². The number of rotatable bonds is 5. The minimum Gasteiger partial charge on any atom is -0.352 e. The fourth-order valence-electron chi connectivity index (χ4n) is 1.66. The van der Waals surface area contributed by atoms with Crippen LogP contribution in [0, 0.1) is 0 Å². The molecule has 1 heterocycles. The van der Waals surface area contributed by atoms with Crippen molar-refractivity contribution in [1.82, 2.24) is 15.1 Å². The van der Waals surface area contributed by atoms with Crippen LogP contribution in [0.15, 0.2) is 41.1 Å². The Morgan fingerprint density at radius 2 is 2.26 bits per heavy atom. The fourth-order valence-corrected chi connectivity index (χ4v) is 2.52. The standard InChI is InChI=1S/C13H13BrClN3O/c14-11-7-10(8-12(15)9-11)13(19)16-3-1-5-18-6-2-4-17-18/h2,4,6-9H,1,3,5H2,(H,16,19). The smallest absolute Gasteiger partial charge is 0.251 e. The molecule has 1 aromatic carbocycles. The molecule has 0 saturated heterocycles. The summed E-state index contributed by atoms with van der Waals surface area (Å²) in [6.07, 6.45) is 4.47. The lowest BCUT2D eigenvalue weighted by Crippen LogP contribution is -2.25. The Balaban J connectivity index is 1.80. The molecule has 0 fully saturated rings. The van der Waals surface area contributed by atoms with Crippen molar-refractivity contribution in [3.8, 4) is 0 Å². The van der Waals surface area contributed by atoms with Crippen molar-refractivity contribution < 1.29 is 4.79 Å². The first kappa shape index (κ1) is 14.1. The molecule has 19 heavy (non-hydrogen) atoms. The summed E-state index contributed by atoms with van der Waals surface area (Å²) in [6.45, 7) is 1.38. The van der Waals surface area contributed by atoms with Gasteiger partial charge in [0.15, 0.2) is 0 Å². The highest BCUT2D eigenvalue weighted by Gasteiger charge is 2.06. The van der Waals surface area contributed by atoms with E-state index in [-0.39, 0.29) is 5.91 Å². The molecule has 6 heteroatoms. The molecule has 0 unspecified atom stereocenters. The minimum atomic E-state index is -0.122. The van der Waals surface area contributed by atoms with Crippen molar-refractivity contribution in [3.05, 3.63) is 51.7 Å². The van der Waals surface area contributed by atoms with E-state index in [0.717, 1.165) is 17.4 Å². The van der Waals surface area contributed by atoms with Gasteiger partial charge >= 0.3 is 0 Å². The van der Waals surface area contributed by atoms with Crippen LogP contribution in [0.4, 0.5) is 0 Å². The third-order valence-electron chi connectivity index (χ3n) is 2.53. The van der Waals surface area contributed by atoms with Crippen LogP contribution in [-0.4, -0.2) is 22.2 Å². The molecule has 0 aliphatic heterocycles. The van der Waals surface area contributed by atoms with Gasteiger partial charge in [0.05, 0.1) is 0 Å². The molecule has 1 N–H and O–H groups in total. The first-order valence-electron chi connectivity index (χ1n) is 5.87. The SMILES string of the molecule is O=C(NCCCn1cccn1)c1cc(Cl)cc(Br)c1. The zero-order chi connectivity index (χ0) is 13.7. The van der Waals surface area contributed by atoms with Gasteiger partial charge in [0, 0.05) is 40.5 Å². The van der Waals surface area contributed by atoms with Gasteiger partial charge in [0.1, 0.15) is 0 Å². The van der Waals surface area contributed by atoms with Crippen LogP contribution < -0.4 is 5.32 Å². The molecule has 0 atom stereocenters. The Hall–Kier alpha value is -1.33. The van der Waals surface area contributed by atoms with Gasteiger partial charge in [0.25, 0.3) is 5.91 Å². The van der Waals surface area contributed by atoms with E-state index < -0.39 is 0 Å². The lowest BCUT2D eigenvalue weighted by Gasteiger charge is -2.06. The van der Waals surface area contributed by atoms with Crippen molar-refractivity contribution in [3.63, 3.8) is 0 Å². The summed E-state index contributed by atoms with van der Waals surface area (Å²) in [5.74, 6) is -0.122. The Labute approximate surface area is 124 Å². The van der Waals surface area contributed by atoms with Gasteiger partial charge in [-0.25, -0.2) is 0 Å². The molecule has 100 valence electrons. The molecule has 0 aliphatic rings. The third-order valence-corrected chi connectivity index (χ3v) is 3.21. The number of nitrogens with zero attached hydrogens (tertiary/aromatic N) is 2. The highest BCUT2D eigenvalue weighted by atomic mass is 79.9. The maximum atomic E-state index is 11.9. The molecule has 1 amide bonds. The van der Waals surface area contributed by atoms with Crippen LogP contribution in [0.2, 0.25) is 5.02 Å². The number of hydrogen-bond donors (Lipinski definition) is 1. The summed E-state index contributed by atoms with van der Waals surface area (Å²) in [5.41, 5.74) is 0.554. The number of carbonyl (C=O) groups excluding carboxylic acids is 1. The van der Waals surface area contributed by atoms with Crippen molar-refractivity contribution >= 4 is 33.4 Å². The zero-order valence-corrected chi connectivity index (χ0v) is 12.5. The highest BCUT2D eigenvalue weighted by molar-refractivity contribution is 9.10. The lowest BCUT2D eigenvalue weighted by molar-refractivity contribution is 0.0952. The molecule has 0 aliphatic carbocycles. The second-order valence-electron chi connectivity index (χ2n) is 4.04. The minimum absolute atomic E-state index is 0.122. The number of nitrogens with one attached hydrogen (secondary N) is 1. The normalized spacial score (nSPS) is 10.4. The molecular weight excluding hydrogens is 330 g/mol. The second-order valence-corrected chi connectivity index (χ2v) is 5.39. The van der Waals surface area contributed by atoms with Crippen molar-refractivity contribution in [2.75, 3.05) is 6.54 Å². The van der Waals surface area contributed by atoms with Gasteiger partial charge in [-0.2, -0.15) is 5.10 Å². The quantitative estimate of drug-likeness (QED) is 0.849. The third kappa shape index (κ3) is 4.36. The largest absolute Gasteiger partial charge is 0.352 e. The summed E-state index contributed by atoms with van der Waals surface area (Å²) >= 11 is 9.21. The summed E-state index contributed by atoms with van der Waals surface area (Å²) in [6, 6.07) is 7.02. The van der Waals surface area contributed by atoms with E-state index in [1.807, 2.05) is 16.9 Å². The number of aromatic nitrogens is 2. The summed E-state index contributed by atoms with van der Waals surface area (Å²) < 4.78 is 2.63. The van der Waals surface area contributed by atoms with Gasteiger partial charge in [0.2, 0.25) is 0 Å². The molecule has 2 aromatic rings. The first-order chi connectivity index (χ1) is 9.15. The van der Waals surface area contributed by atoms with Crippen molar-refractivity contribution in [2.45, 2.75) is 13.0 Å². The number of benzene rings is 1. The monoisotopic (exact) mass is 341 g/mol. The lowest BCUT2D eigenvalue weighted by atomic mass is 10.2. The average molecular weight is 343 g/mol. The molecular formula is C13H13BrClN3O. The highest BCUT2D eigenvalue weighted by Crippen LogP contribution is 2.19. The maximum absolute atomic E-state index is 11.9. The predicted octanol–water partition coefficient (Wildman–Crippen LogP) is 3.12. The van der Waals surface area contributed by atoms with Crippen LogP contribution in [0.5, 0.6) is 0 Å². The van der Waals surface area contributed by atoms with Gasteiger partial charge in [-0.15, -0.1) is 0 Å². The van der Waals surface area contributed by atoms with Crippen LogP contribution in [0.25, 0.3) is 0 Å². The number of carbonyl (C=O) groups is 1. The van der Waals surface area contributed by atoms with E-state index in [1.54, 1.807) is 24.4 Å². The molecule has 4 nitrogen and oxygen atoms in total. The van der Waals surface area contributed by atoms with Gasteiger partial charge in [-0.05, 0) is 30.7 Å². The van der Waals surface area contributed by atoms with Crippen molar-refractivity contribution in [2.24, 2.45) is 0 Å². The van der Waals surface area contributed by atoms with Gasteiger partial charge in [-0.3, -0.25) is 9.48 Å². The van der Waals surface area contributed by atoms with Crippen LogP contribution >= 0.6 is 27.5 Å². The van der Waals surface area contributed by atoms with Crippen LogP contribution in [0.1, 0.15) is 16.8 Å². The van der Waals surface area contributed by atoms with E-state index in [2.05, 4.69) is 26.3 Å². The number of aryl methyl sites for hydroxylation is 1. The first-order valence-corrected chi connectivity index (χ1v) is 7.04. The number of hydrogen-bond acceptors (Lipinski definition) is 2. The molecule has 0 bridgehead atoms. The van der Waals surface area contributed by atoms with Gasteiger partial charge < -0.3 is 5.32 Å².